The number of hydrogen-bond acceptors (Lipinski definition) is 5. The average molecular weight is 269 g/mol. The van der Waals surface area contributed by atoms with Crippen LogP contribution in [0.4, 0.5) is 0 Å². The number of aliphatic imine (C=N–C) groups is 1. The lowest BCUT2D eigenvalue weighted by atomic mass is 10.2. The summed E-state index contributed by atoms with van der Waals surface area (Å²) in [4.78, 5) is 8.88. The first-order chi connectivity index (χ1) is 8.29. The zero-order chi connectivity index (χ0) is 12.1. The first-order valence-electron chi connectivity index (χ1n) is 6.14. The highest BCUT2D eigenvalue weighted by Crippen LogP contribution is 2.24. The summed E-state index contributed by atoms with van der Waals surface area (Å²) in [7, 11) is 0. The highest BCUT2D eigenvalue weighted by molar-refractivity contribution is 8.14. The van der Waals surface area contributed by atoms with Crippen molar-refractivity contribution in [1.82, 2.24) is 10.3 Å². The molecule has 0 radical (unpaired) electrons. The van der Waals surface area contributed by atoms with Gasteiger partial charge in [0.15, 0.2) is 5.17 Å². The van der Waals surface area contributed by atoms with Crippen LogP contribution in [-0.4, -0.2) is 28.5 Å². The van der Waals surface area contributed by atoms with Crippen LogP contribution in [0.25, 0.3) is 0 Å². The molecule has 1 aromatic rings. The van der Waals surface area contributed by atoms with Crippen LogP contribution in [-0.2, 0) is 0 Å². The van der Waals surface area contributed by atoms with E-state index in [0.717, 1.165) is 18.3 Å². The van der Waals surface area contributed by atoms with Gasteiger partial charge in [0.25, 0.3) is 0 Å². The number of thioether (sulfide) groups is 1. The van der Waals surface area contributed by atoms with Crippen LogP contribution in [0.1, 0.15) is 37.6 Å². The molecule has 0 saturated carbocycles. The van der Waals surface area contributed by atoms with E-state index in [2.05, 4.69) is 29.1 Å². The summed E-state index contributed by atoms with van der Waals surface area (Å²) in [5.41, 5.74) is 0. The maximum Gasteiger partial charge on any atom is 0.156 e. The van der Waals surface area contributed by atoms with Gasteiger partial charge in [0.2, 0.25) is 0 Å². The Balaban J connectivity index is 1.73. The Kier molecular flexibility index (Phi) is 4.86. The van der Waals surface area contributed by atoms with E-state index < -0.39 is 0 Å². The molecule has 0 amide bonds. The molecule has 0 saturated heterocycles. The van der Waals surface area contributed by atoms with Gasteiger partial charge in [-0.15, -0.1) is 11.3 Å². The SMILES string of the molecule is CCCC1CN=C(NCC(C)c2nccs2)S1. The number of thiazole rings is 1. The number of nitrogens with zero attached hydrogens (tertiary/aromatic N) is 2. The molecule has 5 heteroatoms. The number of aromatic nitrogens is 1. The van der Waals surface area contributed by atoms with Gasteiger partial charge in [-0.1, -0.05) is 32.0 Å². The minimum atomic E-state index is 0.462. The van der Waals surface area contributed by atoms with Crippen LogP contribution < -0.4 is 5.32 Å². The van der Waals surface area contributed by atoms with Crippen molar-refractivity contribution in [3.8, 4) is 0 Å². The van der Waals surface area contributed by atoms with Gasteiger partial charge in [-0.05, 0) is 6.42 Å². The van der Waals surface area contributed by atoms with E-state index in [0.29, 0.717) is 11.2 Å². The Morgan fingerprint density at radius 3 is 3.18 bits per heavy atom. The zero-order valence-corrected chi connectivity index (χ0v) is 12.0. The quantitative estimate of drug-likeness (QED) is 0.892. The largest absolute Gasteiger partial charge is 0.364 e. The highest BCUT2D eigenvalue weighted by Gasteiger charge is 2.19. The molecule has 0 aliphatic carbocycles. The molecule has 0 fully saturated rings. The van der Waals surface area contributed by atoms with Crippen molar-refractivity contribution in [1.29, 1.82) is 0 Å². The van der Waals surface area contributed by atoms with Gasteiger partial charge in [-0.2, -0.15) is 0 Å². The lowest BCUT2D eigenvalue weighted by Gasteiger charge is -2.11. The fourth-order valence-electron chi connectivity index (χ4n) is 1.79. The van der Waals surface area contributed by atoms with Crippen LogP contribution in [0, 0.1) is 0 Å². The summed E-state index contributed by atoms with van der Waals surface area (Å²) in [5, 5.41) is 8.48. The van der Waals surface area contributed by atoms with Crippen LogP contribution in [0.3, 0.4) is 0 Å². The average Bonchev–Trinajstić information content (AvgIpc) is 2.97. The van der Waals surface area contributed by atoms with Crippen molar-refractivity contribution in [2.75, 3.05) is 13.1 Å². The van der Waals surface area contributed by atoms with E-state index in [9.17, 15) is 0 Å². The van der Waals surface area contributed by atoms with Crippen molar-refractivity contribution in [2.24, 2.45) is 4.99 Å². The maximum atomic E-state index is 4.54. The first kappa shape index (κ1) is 12.9. The Labute approximate surface area is 111 Å². The molecule has 3 nitrogen and oxygen atoms in total. The second kappa shape index (κ2) is 6.40. The molecular weight excluding hydrogens is 250 g/mol. The summed E-state index contributed by atoms with van der Waals surface area (Å²) in [6, 6.07) is 0. The number of hydrogen-bond donors (Lipinski definition) is 1. The predicted molar refractivity (Wildman–Crippen MR) is 77.1 cm³/mol. The molecule has 0 aromatic carbocycles. The minimum Gasteiger partial charge on any atom is -0.364 e. The number of nitrogens with one attached hydrogen (secondary N) is 1. The Bertz CT molecular complexity index is 362. The topological polar surface area (TPSA) is 37.3 Å². The van der Waals surface area contributed by atoms with Gasteiger partial charge >= 0.3 is 0 Å². The van der Waals surface area contributed by atoms with E-state index in [1.807, 2.05) is 23.3 Å². The van der Waals surface area contributed by atoms with Gasteiger partial charge in [-0.3, -0.25) is 4.99 Å². The molecule has 1 N–H and O–H groups in total. The van der Waals surface area contributed by atoms with E-state index in [4.69, 9.17) is 0 Å². The van der Waals surface area contributed by atoms with Crippen molar-refractivity contribution in [3.05, 3.63) is 16.6 Å². The molecule has 0 bridgehead atoms. The number of amidine groups is 1. The standard InChI is InChI=1S/C12H19N3S2/c1-3-4-10-8-15-12(17-10)14-7-9(2)11-13-5-6-16-11/h5-6,9-10H,3-4,7-8H2,1-2H3,(H,14,15). The Hall–Kier alpha value is -0.550. The Morgan fingerprint density at radius 2 is 2.47 bits per heavy atom. The van der Waals surface area contributed by atoms with Crippen molar-refractivity contribution in [2.45, 2.75) is 37.9 Å². The fraction of sp³-hybridized carbons (Fsp3) is 0.667. The van der Waals surface area contributed by atoms with Gasteiger partial charge in [0.1, 0.15) is 0 Å². The smallest absolute Gasteiger partial charge is 0.156 e. The lowest BCUT2D eigenvalue weighted by Crippen LogP contribution is -2.24. The molecule has 94 valence electrons. The lowest BCUT2D eigenvalue weighted by molar-refractivity contribution is 0.716. The fourth-order valence-corrected chi connectivity index (χ4v) is 3.63. The number of rotatable bonds is 5. The molecule has 17 heavy (non-hydrogen) atoms. The third-order valence-electron chi connectivity index (χ3n) is 2.76. The summed E-state index contributed by atoms with van der Waals surface area (Å²) in [5.74, 6) is 0.462. The third kappa shape index (κ3) is 3.71. The zero-order valence-electron chi connectivity index (χ0n) is 10.3. The van der Waals surface area contributed by atoms with Crippen molar-refractivity contribution in [3.63, 3.8) is 0 Å². The molecule has 1 aromatic heterocycles. The normalized spacial score (nSPS) is 21.3. The molecular formula is C12H19N3S2. The monoisotopic (exact) mass is 269 g/mol. The molecule has 2 unspecified atom stereocenters. The van der Waals surface area contributed by atoms with E-state index >= 15 is 0 Å². The van der Waals surface area contributed by atoms with Crippen LogP contribution in [0.2, 0.25) is 0 Å². The van der Waals surface area contributed by atoms with Gasteiger partial charge < -0.3 is 5.32 Å². The van der Waals surface area contributed by atoms with E-state index in [-0.39, 0.29) is 0 Å². The van der Waals surface area contributed by atoms with E-state index in [1.165, 1.54) is 17.8 Å². The predicted octanol–water partition coefficient (Wildman–Crippen LogP) is 3.11. The van der Waals surface area contributed by atoms with Crippen molar-refractivity contribution >= 4 is 28.3 Å². The van der Waals surface area contributed by atoms with Gasteiger partial charge in [-0.25, -0.2) is 4.98 Å². The summed E-state index contributed by atoms with van der Waals surface area (Å²) in [6.07, 6.45) is 4.38. The second-order valence-corrected chi connectivity index (χ2v) is 6.54. The van der Waals surface area contributed by atoms with Crippen molar-refractivity contribution < 1.29 is 0 Å². The first-order valence-corrected chi connectivity index (χ1v) is 7.90. The minimum absolute atomic E-state index is 0.462. The van der Waals surface area contributed by atoms with Crippen LogP contribution in [0.5, 0.6) is 0 Å². The molecule has 1 aliphatic heterocycles. The molecule has 1 aliphatic rings. The maximum absolute atomic E-state index is 4.54. The van der Waals surface area contributed by atoms with Crippen LogP contribution in [0.15, 0.2) is 16.6 Å². The summed E-state index contributed by atoms with van der Waals surface area (Å²) >= 11 is 3.62. The van der Waals surface area contributed by atoms with Gasteiger partial charge in [0.05, 0.1) is 11.6 Å². The molecule has 2 rings (SSSR count). The highest BCUT2D eigenvalue weighted by atomic mass is 32.2. The summed E-state index contributed by atoms with van der Waals surface area (Å²) < 4.78 is 0. The second-order valence-electron chi connectivity index (χ2n) is 4.33. The van der Waals surface area contributed by atoms with Gasteiger partial charge in [0, 0.05) is 29.3 Å². The molecule has 2 heterocycles. The molecule has 2 atom stereocenters. The van der Waals surface area contributed by atoms with Crippen LogP contribution >= 0.6 is 23.1 Å². The Morgan fingerprint density at radius 1 is 1.59 bits per heavy atom. The third-order valence-corrected chi connectivity index (χ3v) is 4.98. The molecule has 0 spiro atoms. The summed E-state index contributed by atoms with van der Waals surface area (Å²) in [6.45, 7) is 6.34. The van der Waals surface area contributed by atoms with E-state index in [1.54, 1.807) is 11.3 Å².